The number of carboxylic acids is 1. The van der Waals surface area contributed by atoms with Crippen molar-refractivity contribution >= 4 is 11.7 Å². The fourth-order valence-corrected chi connectivity index (χ4v) is 1.39. The molecule has 4 nitrogen and oxygen atoms in total. The Morgan fingerprint density at radius 3 is 2.44 bits per heavy atom. The fraction of sp³-hybridized carbons (Fsp3) is 0.300. The number of anilines is 1. The molecule has 1 aromatic rings. The maximum atomic E-state index is 13.5. The number of aliphatic carboxylic acids is 1. The number of nitrogens with zero attached hydrogens (tertiary/aromatic N) is 1. The Hall–Kier alpha value is -1.69. The SMILES string of the molecule is CN(C)c1c(C(N)C(=O)O)ccc(F)c1F. The summed E-state index contributed by atoms with van der Waals surface area (Å²) < 4.78 is 26.5. The lowest BCUT2D eigenvalue weighted by molar-refractivity contribution is -0.138. The van der Waals surface area contributed by atoms with Gasteiger partial charge in [-0.05, 0) is 6.07 Å². The molecule has 0 aliphatic carbocycles. The zero-order valence-electron chi connectivity index (χ0n) is 8.87. The molecule has 0 radical (unpaired) electrons. The van der Waals surface area contributed by atoms with Gasteiger partial charge in [0.05, 0.1) is 5.69 Å². The molecule has 0 aliphatic rings. The van der Waals surface area contributed by atoms with E-state index in [0.29, 0.717) is 0 Å². The monoisotopic (exact) mass is 230 g/mol. The quantitative estimate of drug-likeness (QED) is 0.816. The lowest BCUT2D eigenvalue weighted by Gasteiger charge is -2.20. The van der Waals surface area contributed by atoms with Gasteiger partial charge in [0.1, 0.15) is 6.04 Å². The molecule has 0 spiro atoms. The van der Waals surface area contributed by atoms with Crippen molar-refractivity contribution in [3.8, 4) is 0 Å². The van der Waals surface area contributed by atoms with Crippen LogP contribution in [-0.2, 0) is 4.79 Å². The molecule has 3 N–H and O–H groups in total. The van der Waals surface area contributed by atoms with Crippen LogP contribution in [0.4, 0.5) is 14.5 Å². The summed E-state index contributed by atoms with van der Waals surface area (Å²) in [5.74, 6) is -3.43. The molecule has 0 heterocycles. The first-order valence-electron chi connectivity index (χ1n) is 4.50. The topological polar surface area (TPSA) is 66.6 Å². The summed E-state index contributed by atoms with van der Waals surface area (Å²) in [6, 6.07) is 0.653. The molecule has 0 aliphatic heterocycles. The van der Waals surface area contributed by atoms with Gasteiger partial charge < -0.3 is 15.7 Å². The van der Waals surface area contributed by atoms with Crippen molar-refractivity contribution in [1.29, 1.82) is 0 Å². The normalized spacial score (nSPS) is 12.3. The lowest BCUT2D eigenvalue weighted by atomic mass is 10.0. The number of hydrogen-bond acceptors (Lipinski definition) is 3. The van der Waals surface area contributed by atoms with Gasteiger partial charge in [-0.1, -0.05) is 6.07 Å². The number of carboxylic acid groups (broad SMARTS) is 1. The number of rotatable bonds is 3. The molecule has 88 valence electrons. The molecular formula is C10H12F2N2O2. The van der Waals surface area contributed by atoms with E-state index in [-0.39, 0.29) is 11.3 Å². The van der Waals surface area contributed by atoms with Gasteiger partial charge in [-0.3, -0.25) is 4.79 Å². The van der Waals surface area contributed by atoms with Gasteiger partial charge in [0.25, 0.3) is 0 Å². The number of halogens is 2. The average molecular weight is 230 g/mol. The maximum absolute atomic E-state index is 13.5. The van der Waals surface area contributed by atoms with E-state index < -0.39 is 23.6 Å². The van der Waals surface area contributed by atoms with Crippen LogP contribution < -0.4 is 10.6 Å². The molecular weight excluding hydrogens is 218 g/mol. The molecule has 0 amide bonds. The van der Waals surface area contributed by atoms with E-state index in [1.165, 1.54) is 25.1 Å². The van der Waals surface area contributed by atoms with E-state index in [1.54, 1.807) is 0 Å². The summed E-state index contributed by atoms with van der Waals surface area (Å²) in [5.41, 5.74) is 5.27. The van der Waals surface area contributed by atoms with Gasteiger partial charge >= 0.3 is 5.97 Å². The summed E-state index contributed by atoms with van der Waals surface area (Å²) in [5, 5.41) is 8.74. The van der Waals surface area contributed by atoms with Gasteiger partial charge in [-0.2, -0.15) is 0 Å². The van der Waals surface area contributed by atoms with Crippen molar-refractivity contribution in [3.63, 3.8) is 0 Å². The van der Waals surface area contributed by atoms with Crippen LogP contribution in [0, 0.1) is 11.6 Å². The van der Waals surface area contributed by atoms with Crippen molar-refractivity contribution in [1.82, 2.24) is 0 Å². The van der Waals surface area contributed by atoms with Crippen LogP contribution in [-0.4, -0.2) is 25.2 Å². The van der Waals surface area contributed by atoms with Crippen molar-refractivity contribution in [3.05, 3.63) is 29.3 Å². The number of nitrogens with two attached hydrogens (primary N) is 1. The molecule has 0 bridgehead atoms. The molecule has 0 saturated carbocycles. The van der Waals surface area contributed by atoms with E-state index >= 15 is 0 Å². The van der Waals surface area contributed by atoms with E-state index in [0.717, 1.165) is 6.07 Å². The van der Waals surface area contributed by atoms with E-state index in [9.17, 15) is 13.6 Å². The highest BCUT2D eigenvalue weighted by molar-refractivity contribution is 5.78. The number of carbonyl (C=O) groups is 1. The minimum Gasteiger partial charge on any atom is -0.480 e. The van der Waals surface area contributed by atoms with Crippen molar-refractivity contribution in [2.45, 2.75) is 6.04 Å². The first-order chi connectivity index (χ1) is 7.36. The van der Waals surface area contributed by atoms with Gasteiger partial charge in [0.2, 0.25) is 0 Å². The highest BCUT2D eigenvalue weighted by atomic mass is 19.2. The highest BCUT2D eigenvalue weighted by Crippen LogP contribution is 2.28. The second-order valence-corrected chi connectivity index (χ2v) is 3.51. The summed E-state index contributed by atoms with van der Waals surface area (Å²) in [4.78, 5) is 12.0. The smallest absolute Gasteiger partial charge is 0.325 e. The summed E-state index contributed by atoms with van der Waals surface area (Å²) in [6.45, 7) is 0. The van der Waals surface area contributed by atoms with E-state index in [4.69, 9.17) is 10.8 Å². The minimum absolute atomic E-state index is 0.0383. The second-order valence-electron chi connectivity index (χ2n) is 3.51. The Labute approximate surface area is 91.3 Å². The Bertz CT molecular complexity index is 422. The predicted octanol–water partition coefficient (Wildman–Crippen LogP) is 1.12. The highest BCUT2D eigenvalue weighted by Gasteiger charge is 2.23. The summed E-state index contributed by atoms with van der Waals surface area (Å²) in [6.07, 6.45) is 0. The van der Waals surface area contributed by atoms with Crippen LogP contribution in [0.3, 0.4) is 0 Å². The van der Waals surface area contributed by atoms with Crippen molar-refractivity contribution in [2.24, 2.45) is 5.73 Å². The van der Waals surface area contributed by atoms with Gasteiger partial charge in [-0.25, -0.2) is 8.78 Å². The van der Waals surface area contributed by atoms with E-state index in [1.807, 2.05) is 0 Å². The zero-order chi connectivity index (χ0) is 12.5. The standard InChI is InChI=1S/C10H12F2N2O2/c1-14(2)9-5(8(13)10(15)16)3-4-6(11)7(9)12/h3-4,8H,13H2,1-2H3,(H,15,16). The van der Waals surface area contributed by atoms with Crippen LogP contribution in [0.1, 0.15) is 11.6 Å². The van der Waals surface area contributed by atoms with Gasteiger partial charge in [0.15, 0.2) is 11.6 Å². The van der Waals surface area contributed by atoms with E-state index in [2.05, 4.69) is 0 Å². The lowest BCUT2D eigenvalue weighted by Crippen LogP contribution is -2.25. The molecule has 1 unspecified atom stereocenters. The Morgan fingerprint density at radius 2 is 2.00 bits per heavy atom. The molecule has 6 heteroatoms. The van der Waals surface area contributed by atoms with Crippen LogP contribution in [0.25, 0.3) is 0 Å². The van der Waals surface area contributed by atoms with Crippen molar-refractivity contribution in [2.75, 3.05) is 19.0 Å². The minimum atomic E-state index is -1.38. The molecule has 1 aromatic carbocycles. The molecule has 0 fully saturated rings. The molecule has 0 aromatic heterocycles. The van der Waals surface area contributed by atoms with Crippen LogP contribution in [0.2, 0.25) is 0 Å². The summed E-state index contributed by atoms with van der Waals surface area (Å²) in [7, 11) is 2.96. The largest absolute Gasteiger partial charge is 0.480 e. The molecule has 1 atom stereocenters. The molecule has 1 rings (SSSR count). The zero-order valence-corrected chi connectivity index (χ0v) is 8.87. The number of hydrogen-bond donors (Lipinski definition) is 2. The molecule has 16 heavy (non-hydrogen) atoms. The van der Waals surface area contributed by atoms with Crippen LogP contribution >= 0.6 is 0 Å². The van der Waals surface area contributed by atoms with Crippen LogP contribution in [0.5, 0.6) is 0 Å². The van der Waals surface area contributed by atoms with Crippen molar-refractivity contribution < 1.29 is 18.7 Å². The predicted molar refractivity (Wildman–Crippen MR) is 55.2 cm³/mol. The third-order valence-electron chi connectivity index (χ3n) is 2.15. The number of benzene rings is 1. The van der Waals surface area contributed by atoms with Crippen LogP contribution in [0.15, 0.2) is 12.1 Å². The maximum Gasteiger partial charge on any atom is 0.325 e. The second kappa shape index (κ2) is 4.44. The average Bonchev–Trinajstić information content (AvgIpc) is 2.20. The van der Waals surface area contributed by atoms with Gasteiger partial charge in [0, 0.05) is 19.7 Å². The third-order valence-corrected chi connectivity index (χ3v) is 2.15. The first kappa shape index (κ1) is 12.4. The first-order valence-corrected chi connectivity index (χ1v) is 4.50. The summed E-state index contributed by atoms with van der Waals surface area (Å²) >= 11 is 0. The van der Waals surface area contributed by atoms with Gasteiger partial charge in [-0.15, -0.1) is 0 Å². The Balaban J connectivity index is 3.40. The molecule has 0 saturated heterocycles. The Kier molecular flexibility index (Phi) is 3.44. The fourth-order valence-electron chi connectivity index (χ4n) is 1.39. The Morgan fingerprint density at radius 1 is 1.44 bits per heavy atom. The third kappa shape index (κ3) is 2.11.